The monoisotopic (exact) mass is 414 g/mol. The number of azo groups is 1. The highest BCUT2D eigenvalue weighted by Gasteiger charge is 2.19. The molecule has 0 heterocycles. The zero-order valence-electron chi connectivity index (χ0n) is 15.4. The van der Waals surface area contributed by atoms with E-state index in [0.717, 1.165) is 0 Å². The number of nitrogens with two attached hydrogens (primary N) is 1. The van der Waals surface area contributed by atoms with Crippen LogP contribution in [0.15, 0.2) is 69.7 Å². The summed E-state index contributed by atoms with van der Waals surface area (Å²) in [6.45, 7) is 1.99. The smallest absolute Gasteiger partial charge is 0.338 e. The molecule has 0 saturated heterocycles. The molecule has 0 radical (unpaired) electrons. The predicted octanol–water partition coefficient (Wildman–Crippen LogP) is 3.96. The number of esters is 1. The van der Waals surface area contributed by atoms with Crippen LogP contribution in [0, 0.1) is 0 Å². The summed E-state index contributed by atoms with van der Waals surface area (Å²) in [7, 11) is -4.50. The van der Waals surface area contributed by atoms with Crippen LogP contribution in [0.3, 0.4) is 0 Å². The van der Waals surface area contributed by atoms with Gasteiger partial charge in [-0.05, 0) is 37.3 Å². The molecule has 0 aliphatic carbocycles. The molecule has 0 unspecified atom stereocenters. The van der Waals surface area contributed by atoms with E-state index < -0.39 is 16.1 Å². The number of rotatable bonds is 6. The number of fused-ring (bicyclic) bond motifs is 1. The molecule has 0 fully saturated rings. The Bertz CT molecular complexity index is 1190. The van der Waals surface area contributed by atoms with Gasteiger partial charge in [-0.15, -0.1) is 5.11 Å². The number of nitrogens with one attached hydrogen (secondary N) is 1. The fourth-order valence-corrected chi connectivity index (χ4v) is 3.48. The Morgan fingerprint density at radius 3 is 2.34 bits per heavy atom. The second-order valence-corrected chi connectivity index (χ2v) is 7.29. The second-order valence-electron chi connectivity index (χ2n) is 5.90. The summed E-state index contributed by atoms with van der Waals surface area (Å²) in [5.74, 6) is 5.17. The topological polar surface area (TPSA) is 143 Å². The van der Waals surface area contributed by atoms with Crippen molar-refractivity contribution < 1.29 is 22.5 Å². The highest BCUT2D eigenvalue weighted by atomic mass is 32.2. The number of ether oxygens (including phenoxy) is 1. The van der Waals surface area contributed by atoms with Gasteiger partial charge in [0.05, 0.1) is 23.5 Å². The molecule has 29 heavy (non-hydrogen) atoms. The van der Waals surface area contributed by atoms with Gasteiger partial charge in [-0.25, -0.2) is 4.79 Å². The molecule has 150 valence electrons. The van der Waals surface area contributed by atoms with Gasteiger partial charge in [0.2, 0.25) is 0 Å². The molecule has 0 saturated carbocycles. The number of nitrogen functional groups attached to an aromatic ring is 1. The molecule has 0 bridgehead atoms. The summed E-state index contributed by atoms with van der Waals surface area (Å²) in [5.41, 5.74) is 3.76. The number of anilines is 1. The van der Waals surface area contributed by atoms with Gasteiger partial charge in [-0.1, -0.05) is 24.3 Å². The van der Waals surface area contributed by atoms with Crippen molar-refractivity contribution in [1.29, 1.82) is 0 Å². The van der Waals surface area contributed by atoms with Gasteiger partial charge in [0.1, 0.15) is 10.6 Å². The minimum absolute atomic E-state index is 0.119. The average Bonchev–Trinajstić information content (AvgIpc) is 2.71. The van der Waals surface area contributed by atoms with Gasteiger partial charge in [-0.3, -0.25) is 10.4 Å². The number of benzene rings is 3. The van der Waals surface area contributed by atoms with Crippen LogP contribution in [-0.4, -0.2) is 25.5 Å². The van der Waals surface area contributed by atoms with Gasteiger partial charge in [0.25, 0.3) is 10.1 Å². The zero-order chi connectivity index (χ0) is 21.0. The molecule has 0 aliphatic heterocycles. The molecule has 0 aliphatic rings. The van der Waals surface area contributed by atoms with Gasteiger partial charge in [0, 0.05) is 10.8 Å². The number of hydrogen-bond donors (Lipinski definition) is 3. The third kappa shape index (κ3) is 4.40. The molecular weight excluding hydrogens is 396 g/mol. The largest absolute Gasteiger partial charge is 0.462 e. The lowest BCUT2D eigenvalue weighted by Crippen LogP contribution is -2.09. The number of carbonyl (C=O) groups is 1. The molecule has 3 rings (SSSR count). The third-order valence-electron chi connectivity index (χ3n) is 4.06. The van der Waals surface area contributed by atoms with E-state index in [2.05, 4.69) is 15.7 Å². The molecular formula is C19H18N4O5S. The van der Waals surface area contributed by atoms with E-state index in [1.807, 2.05) is 0 Å². The summed E-state index contributed by atoms with van der Waals surface area (Å²) in [6.07, 6.45) is 0. The first kappa shape index (κ1) is 20.4. The second kappa shape index (κ2) is 8.35. The van der Waals surface area contributed by atoms with Gasteiger partial charge >= 0.3 is 5.97 Å². The van der Waals surface area contributed by atoms with E-state index in [1.54, 1.807) is 55.5 Å². The van der Waals surface area contributed by atoms with Crippen LogP contribution in [0.4, 0.5) is 17.1 Å². The first-order valence-corrected chi connectivity index (χ1v) is 9.98. The van der Waals surface area contributed by atoms with Crippen molar-refractivity contribution in [3.63, 3.8) is 0 Å². The summed E-state index contributed by atoms with van der Waals surface area (Å²) >= 11 is 0. The Morgan fingerprint density at radius 2 is 1.76 bits per heavy atom. The Labute approximate surface area is 166 Å². The van der Waals surface area contributed by atoms with Crippen molar-refractivity contribution in [3.05, 3.63) is 60.2 Å². The van der Waals surface area contributed by atoms with Gasteiger partial charge < -0.3 is 10.2 Å². The van der Waals surface area contributed by atoms with Crippen molar-refractivity contribution in [3.8, 4) is 0 Å². The molecule has 0 spiro atoms. The van der Waals surface area contributed by atoms with E-state index in [-0.39, 0.29) is 17.2 Å². The lowest BCUT2D eigenvalue weighted by Gasteiger charge is -2.11. The van der Waals surface area contributed by atoms with Crippen LogP contribution in [0.25, 0.3) is 10.8 Å². The maximum absolute atomic E-state index is 11.8. The molecule has 4 N–H and O–H groups in total. The van der Waals surface area contributed by atoms with Crippen LogP contribution < -0.4 is 11.3 Å². The fraction of sp³-hybridized carbons (Fsp3) is 0.105. The Balaban J connectivity index is 2.04. The molecule has 0 atom stereocenters. The highest BCUT2D eigenvalue weighted by Crippen LogP contribution is 2.38. The van der Waals surface area contributed by atoms with Crippen LogP contribution in [0.5, 0.6) is 0 Å². The summed E-state index contributed by atoms with van der Waals surface area (Å²) in [6, 6.07) is 13.9. The summed E-state index contributed by atoms with van der Waals surface area (Å²) in [5, 5.41) is 8.88. The lowest BCUT2D eigenvalue weighted by atomic mass is 10.1. The quantitative estimate of drug-likeness (QED) is 0.182. The first-order chi connectivity index (χ1) is 13.8. The van der Waals surface area contributed by atoms with E-state index in [0.29, 0.717) is 27.7 Å². The molecule has 0 aromatic heterocycles. The van der Waals surface area contributed by atoms with Crippen LogP contribution in [-0.2, 0) is 14.9 Å². The number of hydrazine groups is 1. The molecule has 9 nitrogen and oxygen atoms in total. The first-order valence-electron chi connectivity index (χ1n) is 8.54. The molecule has 10 heteroatoms. The van der Waals surface area contributed by atoms with E-state index in [1.165, 1.54) is 6.07 Å². The minimum Gasteiger partial charge on any atom is -0.462 e. The van der Waals surface area contributed by atoms with Gasteiger partial charge in [-0.2, -0.15) is 13.5 Å². The molecule has 3 aromatic rings. The number of carbonyl (C=O) groups excluding carboxylic acids is 1. The Morgan fingerprint density at radius 1 is 1.10 bits per heavy atom. The molecule has 0 amide bonds. The number of hydrogen-bond acceptors (Lipinski definition) is 8. The van der Waals surface area contributed by atoms with E-state index in [4.69, 9.17) is 10.6 Å². The van der Waals surface area contributed by atoms with E-state index >= 15 is 0 Å². The van der Waals surface area contributed by atoms with Crippen molar-refractivity contribution in [2.45, 2.75) is 11.8 Å². The predicted molar refractivity (Wildman–Crippen MR) is 108 cm³/mol. The van der Waals surface area contributed by atoms with Crippen LogP contribution >= 0.6 is 0 Å². The third-order valence-corrected chi connectivity index (χ3v) is 4.95. The van der Waals surface area contributed by atoms with Crippen molar-refractivity contribution in [2.75, 3.05) is 12.0 Å². The van der Waals surface area contributed by atoms with E-state index in [9.17, 15) is 17.8 Å². The number of nitrogens with zero attached hydrogens (tertiary/aromatic N) is 2. The van der Waals surface area contributed by atoms with Crippen LogP contribution in [0.2, 0.25) is 0 Å². The van der Waals surface area contributed by atoms with Crippen molar-refractivity contribution >= 4 is 43.9 Å². The maximum atomic E-state index is 11.8. The summed E-state index contributed by atoms with van der Waals surface area (Å²) in [4.78, 5) is 11.4. The van der Waals surface area contributed by atoms with Crippen molar-refractivity contribution in [1.82, 2.24) is 0 Å². The molecule has 3 aromatic carbocycles. The zero-order valence-corrected chi connectivity index (χ0v) is 16.2. The van der Waals surface area contributed by atoms with Gasteiger partial charge in [0.15, 0.2) is 0 Å². The average molecular weight is 414 g/mol. The minimum atomic E-state index is -4.50. The normalized spacial score (nSPS) is 11.7. The maximum Gasteiger partial charge on any atom is 0.338 e. The highest BCUT2D eigenvalue weighted by molar-refractivity contribution is 7.86. The fourth-order valence-electron chi connectivity index (χ4n) is 2.76. The SMILES string of the molecule is CCOC(=O)c1ccc(N=Nc2cc(S(=O)(=O)O)c3ccccc3c2NN)cc1. The summed E-state index contributed by atoms with van der Waals surface area (Å²) < 4.78 is 38.1. The van der Waals surface area contributed by atoms with Crippen molar-refractivity contribution in [2.24, 2.45) is 16.1 Å². The van der Waals surface area contributed by atoms with Crippen LogP contribution in [0.1, 0.15) is 17.3 Å². The Hall–Kier alpha value is -3.34. The standard InChI is InChI=1S/C19H18N4O5S/c1-2-28-19(24)12-7-9-13(10-8-12)22-23-16-11-17(29(25,26)27)14-5-3-4-6-15(14)18(16)21-20/h3-11,21H,2,20H2,1H3,(H,25,26,27). The lowest BCUT2D eigenvalue weighted by molar-refractivity contribution is 0.0526. The Kier molecular flexibility index (Phi) is 5.87.